The van der Waals surface area contributed by atoms with Crippen LogP contribution in [0, 0.1) is 0 Å². The Morgan fingerprint density at radius 3 is 1.68 bits per heavy atom. The third-order valence-electron chi connectivity index (χ3n) is 4.14. The van der Waals surface area contributed by atoms with Crippen molar-refractivity contribution in [1.29, 1.82) is 0 Å². The highest BCUT2D eigenvalue weighted by Gasteiger charge is 2.50. The van der Waals surface area contributed by atoms with Crippen LogP contribution in [0.15, 0.2) is 0 Å². The number of hydrogen-bond donors (Lipinski definition) is 0. The second kappa shape index (κ2) is 14.6. The van der Waals surface area contributed by atoms with Gasteiger partial charge in [-0.15, -0.1) is 0 Å². The number of imide groups is 1. The van der Waals surface area contributed by atoms with Crippen molar-refractivity contribution in [3.05, 3.63) is 0 Å². The van der Waals surface area contributed by atoms with Gasteiger partial charge in [-0.1, -0.05) is 5.06 Å². The lowest BCUT2D eigenvalue weighted by molar-refractivity contribution is -0.182. The SMILES string of the molecule is CCOP(=O)(OCC)C(CCC(=O)OCOC(=O)ON1C(=O)CCC1=O)P(=O)(OCC)OCC. The molecule has 196 valence electrons. The monoisotopic (exact) mass is 531 g/mol. The molecule has 0 aromatic heterocycles. The van der Waals surface area contributed by atoms with Crippen molar-refractivity contribution in [2.45, 2.75) is 58.8 Å². The summed E-state index contributed by atoms with van der Waals surface area (Å²) in [5.41, 5.74) is 0. The summed E-state index contributed by atoms with van der Waals surface area (Å²) in [7, 11) is -8.07. The van der Waals surface area contributed by atoms with Crippen molar-refractivity contribution in [2.75, 3.05) is 33.2 Å². The maximum atomic E-state index is 13.4. The van der Waals surface area contributed by atoms with Crippen LogP contribution in [0.25, 0.3) is 0 Å². The molecule has 16 heteroatoms. The van der Waals surface area contributed by atoms with Gasteiger partial charge in [-0.25, -0.2) is 4.79 Å². The molecule has 1 rings (SSSR count). The summed E-state index contributed by atoms with van der Waals surface area (Å²) in [5.74, 6) is -2.32. The maximum Gasteiger partial charge on any atom is 0.536 e. The summed E-state index contributed by atoms with van der Waals surface area (Å²) in [4.78, 5) is 51.0. The van der Waals surface area contributed by atoms with Crippen LogP contribution >= 0.6 is 15.2 Å². The third-order valence-corrected chi connectivity index (χ3v) is 10.3. The number of amides is 2. The Morgan fingerprint density at radius 1 is 0.824 bits per heavy atom. The largest absolute Gasteiger partial charge is 0.536 e. The van der Waals surface area contributed by atoms with Crippen LogP contribution < -0.4 is 0 Å². The molecule has 0 aliphatic carbocycles. The van der Waals surface area contributed by atoms with E-state index in [9.17, 15) is 28.3 Å². The second-order valence-corrected chi connectivity index (χ2v) is 11.3. The van der Waals surface area contributed by atoms with E-state index in [1.54, 1.807) is 27.7 Å². The molecule has 0 radical (unpaired) electrons. The number of hydroxylamine groups is 2. The summed E-state index contributed by atoms with van der Waals surface area (Å²) >= 11 is 0. The summed E-state index contributed by atoms with van der Waals surface area (Å²) in [6.07, 6.45) is -2.36. The van der Waals surface area contributed by atoms with Gasteiger partial charge in [0.2, 0.25) is 6.79 Å². The molecular formula is C18H31NO13P2. The van der Waals surface area contributed by atoms with Crippen LogP contribution in [-0.2, 0) is 55.9 Å². The molecule has 1 aliphatic heterocycles. The first kappa shape index (κ1) is 30.2. The highest BCUT2D eigenvalue weighted by Crippen LogP contribution is 2.71. The highest BCUT2D eigenvalue weighted by molar-refractivity contribution is 7.72. The molecule has 1 fully saturated rings. The lowest BCUT2D eigenvalue weighted by atomic mass is 10.3. The van der Waals surface area contributed by atoms with Gasteiger partial charge in [0.05, 0.1) is 26.4 Å². The zero-order valence-electron chi connectivity index (χ0n) is 19.6. The number of nitrogens with zero attached hydrogens (tertiary/aromatic N) is 1. The van der Waals surface area contributed by atoms with Crippen molar-refractivity contribution >= 4 is 39.1 Å². The van der Waals surface area contributed by atoms with E-state index < -0.39 is 57.7 Å². The Labute approximate surface area is 197 Å². The van der Waals surface area contributed by atoms with Gasteiger partial charge < -0.3 is 27.6 Å². The highest BCUT2D eigenvalue weighted by atomic mass is 31.2. The van der Waals surface area contributed by atoms with Gasteiger partial charge in [0, 0.05) is 19.3 Å². The molecule has 0 bridgehead atoms. The molecule has 2 amide bonds. The van der Waals surface area contributed by atoms with E-state index in [1.807, 2.05) is 0 Å². The van der Waals surface area contributed by atoms with Gasteiger partial charge >= 0.3 is 27.3 Å². The average molecular weight is 531 g/mol. The Morgan fingerprint density at radius 2 is 1.26 bits per heavy atom. The summed E-state index contributed by atoms with van der Waals surface area (Å²) in [5, 5.41) is -1.14. The molecule has 0 saturated carbocycles. The molecule has 1 saturated heterocycles. The first-order valence-electron chi connectivity index (χ1n) is 10.7. The second-order valence-electron chi connectivity index (χ2n) is 6.47. The van der Waals surface area contributed by atoms with Gasteiger partial charge in [0.1, 0.15) is 0 Å². The van der Waals surface area contributed by atoms with E-state index in [1.165, 1.54) is 0 Å². The number of rotatable bonds is 16. The molecule has 1 aliphatic rings. The molecule has 14 nitrogen and oxygen atoms in total. The number of esters is 1. The van der Waals surface area contributed by atoms with Gasteiger partial charge in [-0.2, -0.15) is 0 Å². The Bertz CT molecular complexity index is 752. The van der Waals surface area contributed by atoms with Crippen molar-refractivity contribution in [3.8, 4) is 0 Å². The molecule has 0 aromatic carbocycles. The van der Waals surface area contributed by atoms with E-state index in [-0.39, 0.29) is 50.8 Å². The minimum atomic E-state index is -4.03. The lowest BCUT2D eigenvalue weighted by Gasteiger charge is -2.31. The number of ether oxygens (including phenoxy) is 2. The van der Waals surface area contributed by atoms with E-state index in [0.717, 1.165) is 0 Å². The summed E-state index contributed by atoms with van der Waals surface area (Å²) in [6, 6.07) is 0. The van der Waals surface area contributed by atoms with Gasteiger partial charge in [-0.3, -0.25) is 28.4 Å². The Hall–Kier alpha value is -1.82. The van der Waals surface area contributed by atoms with E-state index in [2.05, 4.69) is 9.57 Å². The van der Waals surface area contributed by atoms with E-state index >= 15 is 0 Å². The number of carbonyl (C=O) groups excluding carboxylic acids is 4. The van der Waals surface area contributed by atoms with Gasteiger partial charge in [0.15, 0.2) is 5.40 Å². The fourth-order valence-corrected chi connectivity index (χ4v) is 8.20. The molecule has 0 spiro atoms. The zero-order chi connectivity index (χ0) is 25.8. The standard InChI is InChI=1S/C18H31NO13P2/c1-5-28-33(24,29-6-2)17(34(25,30-7-3)31-8-4)12-11-16(22)26-13-27-18(23)32-19-14(20)9-10-15(19)21/h17H,5-13H2,1-4H3. The summed E-state index contributed by atoms with van der Waals surface area (Å²) < 4.78 is 57.2. The van der Waals surface area contributed by atoms with Crippen molar-refractivity contribution in [2.24, 2.45) is 0 Å². The zero-order valence-corrected chi connectivity index (χ0v) is 21.4. The van der Waals surface area contributed by atoms with Crippen LogP contribution in [0.2, 0.25) is 0 Å². The fourth-order valence-electron chi connectivity index (χ4n) is 2.85. The first-order valence-corrected chi connectivity index (χ1v) is 13.9. The topological polar surface area (TPSA) is 170 Å². The minimum Gasteiger partial charge on any atom is -0.428 e. The van der Waals surface area contributed by atoms with Crippen molar-refractivity contribution in [1.82, 2.24) is 5.06 Å². The van der Waals surface area contributed by atoms with Crippen molar-refractivity contribution < 1.29 is 60.7 Å². The predicted molar refractivity (Wildman–Crippen MR) is 114 cm³/mol. The van der Waals surface area contributed by atoms with Crippen LogP contribution in [0.3, 0.4) is 0 Å². The average Bonchev–Trinajstić information content (AvgIpc) is 3.06. The van der Waals surface area contributed by atoms with Crippen molar-refractivity contribution in [3.63, 3.8) is 0 Å². The predicted octanol–water partition coefficient (Wildman–Crippen LogP) is 3.34. The third kappa shape index (κ3) is 8.75. The van der Waals surface area contributed by atoms with E-state index in [4.69, 9.17) is 22.8 Å². The van der Waals surface area contributed by atoms with Crippen LogP contribution in [0.4, 0.5) is 4.79 Å². The smallest absolute Gasteiger partial charge is 0.428 e. The lowest BCUT2D eigenvalue weighted by Crippen LogP contribution is -2.32. The molecular weight excluding hydrogens is 500 g/mol. The Kier molecular flexibility index (Phi) is 12.9. The number of hydrogen-bond acceptors (Lipinski definition) is 13. The molecule has 0 atom stereocenters. The molecule has 0 N–H and O–H groups in total. The maximum absolute atomic E-state index is 13.4. The van der Waals surface area contributed by atoms with Gasteiger partial charge in [0.25, 0.3) is 11.8 Å². The van der Waals surface area contributed by atoms with Gasteiger partial charge in [-0.05, 0) is 34.1 Å². The minimum absolute atomic E-state index is 0.0194. The van der Waals surface area contributed by atoms with Crippen LogP contribution in [-0.4, -0.2) is 67.6 Å². The number of carbonyl (C=O) groups is 4. The van der Waals surface area contributed by atoms with E-state index in [0.29, 0.717) is 0 Å². The fraction of sp³-hybridized carbons (Fsp3) is 0.778. The summed E-state index contributed by atoms with van der Waals surface area (Å²) in [6.45, 7) is 5.32. The quantitative estimate of drug-likeness (QED) is 0.123. The normalized spacial score (nSPS) is 14.6. The molecule has 0 aromatic rings. The van der Waals surface area contributed by atoms with Crippen LogP contribution in [0.5, 0.6) is 0 Å². The molecule has 1 heterocycles. The molecule has 34 heavy (non-hydrogen) atoms. The van der Waals surface area contributed by atoms with Crippen LogP contribution in [0.1, 0.15) is 53.4 Å². The molecule has 0 unspecified atom stereocenters. The Balaban J connectivity index is 2.75. The first-order chi connectivity index (χ1) is 16.1.